The van der Waals surface area contributed by atoms with Crippen LogP contribution in [0.1, 0.15) is 39.0 Å². The zero-order valence-corrected chi connectivity index (χ0v) is 9.82. The van der Waals surface area contributed by atoms with E-state index in [1.54, 1.807) is 12.4 Å². The van der Waals surface area contributed by atoms with Crippen molar-refractivity contribution in [1.82, 2.24) is 9.97 Å². The predicted octanol–water partition coefficient (Wildman–Crippen LogP) is 2.44. The van der Waals surface area contributed by atoms with Crippen LogP contribution in [-0.4, -0.2) is 16.0 Å². The molecule has 0 amide bonds. The van der Waals surface area contributed by atoms with Crippen LogP contribution in [0.2, 0.25) is 0 Å². The molecule has 2 atom stereocenters. The summed E-state index contributed by atoms with van der Waals surface area (Å²) in [5.74, 6) is 2.14. The summed E-state index contributed by atoms with van der Waals surface area (Å²) in [6.07, 6.45) is 9.70. The maximum Gasteiger partial charge on any atom is 0.147 e. The molecule has 0 radical (unpaired) electrons. The van der Waals surface area contributed by atoms with Crippen LogP contribution < -0.4 is 11.1 Å². The van der Waals surface area contributed by atoms with Crippen molar-refractivity contribution >= 4 is 11.6 Å². The third-order valence-corrected chi connectivity index (χ3v) is 3.26. The van der Waals surface area contributed by atoms with E-state index in [1.165, 1.54) is 32.1 Å². The Balaban J connectivity index is 1.93. The maximum atomic E-state index is 5.60. The third-order valence-electron chi connectivity index (χ3n) is 3.26. The summed E-state index contributed by atoms with van der Waals surface area (Å²) in [7, 11) is 0. The number of hydrogen-bond acceptors (Lipinski definition) is 4. The van der Waals surface area contributed by atoms with Crippen molar-refractivity contribution in [2.45, 2.75) is 45.1 Å². The van der Waals surface area contributed by atoms with Gasteiger partial charge in [-0.05, 0) is 25.2 Å². The van der Waals surface area contributed by atoms with E-state index in [1.807, 2.05) is 0 Å². The van der Waals surface area contributed by atoms with Gasteiger partial charge in [0.2, 0.25) is 0 Å². The molecule has 1 aromatic heterocycles. The summed E-state index contributed by atoms with van der Waals surface area (Å²) < 4.78 is 0. The minimum atomic E-state index is 0.479. The highest BCUT2D eigenvalue weighted by Gasteiger charge is 2.16. The van der Waals surface area contributed by atoms with E-state index in [0.29, 0.717) is 11.9 Å². The van der Waals surface area contributed by atoms with E-state index >= 15 is 0 Å². The van der Waals surface area contributed by atoms with Crippen molar-refractivity contribution in [2.24, 2.45) is 5.92 Å². The number of aromatic nitrogens is 2. The number of hydrogen-bond donors (Lipinski definition) is 2. The van der Waals surface area contributed by atoms with Gasteiger partial charge in [0.15, 0.2) is 0 Å². The van der Waals surface area contributed by atoms with Gasteiger partial charge in [-0.1, -0.05) is 19.8 Å². The lowest BCUT2D eigenvalue weighted by Gasteiger charge is -2.16. The second-order valence-electron chi connectivity index (χ2n) is 4.78. The molecule has 0 spiro atoms. The minimum Gasteiger partial charge on any atom is -0.382 e. The zero-order chi connectivity index (χ0) is 11.4. The lowest BCUT2D eigenvalue weighted by molar-refractivity contribution is 0.502. The SMILES string of the molecule is CC1CCCC(Nc2cncc(N)n2)CC1. The molecule has 0 aromatic carbocycles. The zero-order valence-electron chi connectivity index (χ0n) is 9.82. The van der Waals surface area contributed by atoms with Gasteiger partial charge in [-0.15, -0.1) is 0 Å². The second-order valence-corrected chi connectivity index (χ2v) is 4.78. The fourth-order valence-corrected chi connectivity index (χ4v) is 2.29. The van der Waals surface area contributed by atoms with Gasteiger partial charge in [0.25, 0.3) is 0 Å². The van der Waals surface area contributed by atoms with Crippen molar-refractivity contribution < 1.29 is 0 Å². The Morgan fingerprint density at radius 2 is 2.12 bits per heavy atom. The van der Waals surface area contributed by atoms with E-state index in [-0.39, 0.29) is 0 Å². The van der Waals surface area contributed by atoms with Gasteiger partial charge in [-0.3, -0.25) is 4.98 Å². The van der Waals surface area contributed by atoms with Gasteiger partial charge in [-0.2, -0.15) is 0 Å². The van der Waals surface area contributed by atoms with Crippen molar-refractivity contribution in [1.29, 1.82) is 0 Å². The Morgan fingerprint density at radius 3 is 2.94 bits per heavy atom. The second kappa shape index (κ2) is 5.14. The fraction of sp³-hybridized carbons (Fsp3) is 0.667. The van der Waals surface area contributed by atoms with Crippen molar-refractivity contribution in [3.05, 3.63) is 12.4 Å². The van der Waals surface area contributed by atoms with Crippen LogP contribution in [0.15, 0.2) is 12.4 Å². The third kappa shape index (κ3) is 3.08. The van der Waals surface area contributed by atoms with Gasteiger partial charge in [0.05, 0.1) is 12.4 Å². The van der Waals surface area contributed by atoms with Gasteiger partial charge in [-0.25, -0.2) is 4.98 Å². The highest BCUT2D eigenvalue weighted by atomic mass is 15.1. The molecule has 1 aliphatic rings. The van der Waals surface area contributed by atoms with E-state index in [2.05, 4.69) is 22.2 Å². The number of nitrogen functional groups attached to an aromatic ring is 1. The Morgan fingerprint density at radius 1 is 1.25 bits per heavy atom. The van der Waals surface area contributed by atoms with Crippen LogP contribution in [0.3, 0.4) is 0 Å². The summed E-state index contributed by atoms with van der Waals surface area (Å²) in [6.45, 7) is 2.34. The molecular formula is C12H20N4. The van der Waals surface area contributed by atoms with Crippen LogP contribution in [0.25, 0.3) is 0 Å². The van der Waals surface area contributed by atoms with Gasteiger partial charge in [0.1, 0.15) is 11.6 Å². The summed E-state index contributed by atoms with van der Waals surface area (Å²) in [6, 6.07) is 0.529. The normalized spacial score (nSPS) is 26.1. The Hall–Kier alpha value is -1.32. The standard InChI is InChI=1S/C12H20N4/c1-9-3-2-4-10(6-5-9)15-12-8-14-7-11(13)16-12/h7-10H,2-6H2,1H3,(H3,13,15,16). The fourth-order valence-electron chi connectivity index (χ4n) is 2.29. The Bertz CT molecular complexity index is 340. The molecule has 0 bridgehead atoms. The highest BCUT2D eigenvalue weighted by Crippen LogP contribution is 2.24. The number of rotatable bonds is 2. The summed E-state index contributed by atoms with van der Waals surface area (Å²) in [4.78, 5) is 8.26. The lowest BCUT2D eigenvalue weighted by Crippen LogP contribution is -2.19. The van der Waals surface area contributed by atoms with Crippen LogP contribution in [0, 0.1) is 5.92 Å². The largest absolute Gasteiger partial charge is 0.382 e. The Kier molecular flexibility index (Phi) is 3.59. The smallest absolute Gasteiger partial charge is 0.147 e. The molecule has 3 N–H and O–H groups in total. The first-order valence-electron chi connectivity index (χ1n) is 6.08. The summed E-state index contributed by atoms with van der Waals surface area (Å²) in [5, 5.41) is 3.43. The van der Waals surface area contributed by atoms with Gasteiger partial charge in [0, 0.05) is 6.04 Å². The van der Waals surface area contributed by atoms with E-state index in [9.17, 15) is 0 Å². The molecule has 1 aliphatic carbocycles. The summed E-state index contributed by atoms with van der Waals surface area (Å²) >= 11 is 0. The molecule has 0 saturated heterocycles. The van der Waals surface area contributed by atoms with Gasteiger partial charge < -0.3 is 11.1 Å². The molecule has 4 nitrogen and oxygen atoms in total. The molecule has 0 aliphatic heterocycles. The van der Waals surface area contributed by atoms with E-state index in [4.69, 9.17) is 5.73 Å². The topological polar surface area (TPSA) is 63.8 Å². The molecule has 2 rings (SSSR count). The molecule has 4 heteroatoms. The molecule has 1 aromatic rings. The quantitative estimate of drug-likeness (QED) is 0.751. The minimum absolute atomic E-state index is 0.479. The van der Waals surface area contributed by atoms with Crippen LogP contribution in [0.5, 0.6) is 0 Å². The Labute approximate surface area is 96.7 Å². The molecule has 1 heterocycles. The maximum absolute atomic E-state index is 5.60. The number of nitrogens with two attached hydrogens (primary N) is 1. The molecule has 2 unspecified atom stereocenters. The van der Waals surface area contributed by atoms with E-state index < -0.39 is 0 Å². The average Bonchev–Trinajstić information content (AvgIpc) is 2.44. The summed E-state index contributed by atoms with van der Waals surface area (Å²) in [5.41, 5.74) is 5.60. The molecule has 88 valence electrons. The number of nitrogens with zero attached hydrogens (tertiary/aromatic N) is 2. The van der Waals surface area contributed by atoms with Crippen LogP contribution >= 0.6 is 0 Å². The van der Waals surface area contributed by atoms with Gasteiger partial charge >= 0.3 is 0 Å². The highest BCUT2D eigenvalue weighted by molar-refractivity contribution is 5.39. The van der Waals surface area contributed by atoms with Crippen molar-refractivity contribution in [3.8, 4) is 0 Å². The monoisotopic (exact) mass is 220 g/mol. The number of anilines is 2. The van der Waals surface area contributed by atoms with E-state index in [0.717, 1.165) is 11.7 Å². The average molecular weight is 220 g/mol. The molecular weight excluding hydrogens is 200 g/mol. The molecule has 1 saturated carbocycles. The van der Waals surface area contributed by atoms with Crippen molar-refractivity contribution in [2.75, 3.05) is 11.1 Å². The lowest BCUT2D eigenvalue weighted by atomic mass is 10.0. The molecule has 16 heavy (non-hydrogen) atoms. The first-order chi connectivity index (χ1) is 7.74. The predicted molar refractivity (Wildman–Crippen MR) is 66.1 cm³/mol. The number of nitrogens with one attached hydrogen (secondary N) is 1. The van der Waals surface area contributed by atoms with Crippen LogP contribution in [-0.2, 0) is 0 Å². The van der Waals surface area contributed by atoms with Crippen molar-refractivity contribution in [3.63, 3.8) is 0 Å². The first-order valence-corrected chi connectivity index (χ1v) is 6.08. The van der Waals surface area contributed by atoms with Crippen LogP contribution in [0.4, 0.5) is 11.6 Å². The first kappa shape index (κ1) is 11.2. The molecule has 1 fully saturated rings.